The Morgan fingerprint density at radius 1 is 1.27 bits per heavy atom. The largest absolute Gasteiger partial charge is 0.325 e. The average Bonchev–Trinajstić information content (AvgIpc) is 2.57. The predicted octanol–water partition coefficient (Wildman–Crippen LogP) is 2.61. The van der Waals surface area contributed by atoms with Gasteiger partial charge in [0, 0.05) is 17.3 Å². The molecule has 0 heterocycles. The maximum atomic E-state index is 12.8. The molecule has 0 spiro atoms. The first-order chi connectivity index (χ1) is 12.1. The molecule has 0 aliphatic heterocycles. The fraction of sp³-hybridized carbons (Fsp3) is 0.133. The molecule has 2 aromatic rings. The fourth-order valence-electron chi connectivity index (χ4n) is 1.97. The second-order valence-corrected chi connectivity index (χ2v) is 7.36. The molecule has 0 saturated heterocycles. The molecule has 138 valence electrons. The van der Waals surface area contributed by atoms with Gasteiger partial charge >= 0.3 is 0 Å². The molecule has 2 N–H and O–H groups in total. The summed E-state index contributed by atoms with van der Waals surface area (Å²) in [6.07, 6.45) is 0. The van der Waals surface area contributed by atoms with E-state index in [-0.39, 0.29) is 16.3 Å². The molecule has 0 aliphatic rings. The number of amides is 1. The van der Waals surface area contributed by atoms with Crippen molar-refractivity contribution in [2.75, 3.05) is 11.9 Å². The van der Waals surface area contributed by atoms with Gasteiger partial charge in [-0.15, -0.1) is 0 Å². The summed E-state index contributed by atoms with van der Waals surface area (Å²) in [4.78, 5) is 21.6. The number of carbonyl (C=O) groups excluding carboxylic acids is 1. The first-order valence-electron chi connectivity index (χ1n) is 7.10. The number of anilines is 1. The van der Waals surface area contributed by atoms with Crippen molar-refractivity contribution in [2.24, 2.45) is 0 Å². The maximum Gasteiger partial charge on any atom is 0.275 e. The second-order valence-electron chi connectivity index (χ2n) is 5.19. The molecular formula is C15H13ClFN3O5S. The lowest BCUT2D eigenvalue weighted by Crippen LogP contribution is -2.33. The highest BCUT2D eigenvalue weighted by Gasteiger charge is 2.23. The molecule has 0 unspecified atom stereocenters. The van der Waals surface area contributed by atoms with Gasteiger partial charge in [0.25, 0.3) is 5.69 Å². The number of hydrogen-bond donors (Lipinski definition) is 2. The third-order valence-electron chi connectivity index (χ3n) is 3.35. The molecule has 8 nitrogen and oxygen atoms in total. The number of rotatable bonds is 6. The summed E-state index contributed by atoms with van der Waals surface area (Å²) < 4.78 is 39.3. The zero-order valence-corrected chi connectivity index (χ0v) is 14.9. The molecule has 0 fully saturated rings. The highest BCUT2D eigenvalue weighted by Crippen LogP contribution is 2.29. The number of nitro benzene ring substituents is 1. The highest BCUT2D eigenvalue weighted by atomic mass is 35.5. The number of benzene rings is 2. The van der Waals surface area contributed by atoms with Crippen LogP contribution in [0.15, 0.2) is 41.3 Å². The molecule has 1 amide bonds. The van der Waals surface area contributed by atoms with Crippen LogP contribution in [0, 0.1) is 22.9 Å². The van der Waals surface area contributed by atoms with E-state index in [0.29, 0.717) is 0 Å². The quantitative estimate of drug-likeness (QED) is 0.569. The van der Waals surface area contributed by atoms with Crippen molar-refractivity contribution in [1.29, 1.82) is 0 Å². The van der Waals surface area contributed by atoms with Crippen molar-refractivity contribution in [2.45, 2.75) is 11.8 Å². The molecule has 11 heteroatoms. The van der Waals surface area contributed by atoms with Gasteiger partial charge in [0.15, 0.2) is 0 Å². The van der Waals surface area contributed by atoms with E-state index in [2.05, 4.69) is 5.32 Å². The predicted molar refractivity (Wildman–Crippen MR) is 93.1 cm³/mol. The van der Waals surface area contributed by atoms with Gasteiger partial charge in [-0.05, 0) is 37.3 Å². The van der Waals surface area contributed by atoms with Gasteiger partial charge in [-0.25, -0.2) is 17.5 Å². The minimum absolute atomic E-state index is 0.0876. The van der Waals surface area contributed by atoms with Crippen molar-refractivity contribution in [3.8, 4) is 0 Å². The average molecular weight is 402 g/mol. The lowest BCUT2D eigenvalue weighted by atomic mass is 10.2. The van der Waals surface area contributed by atoms with Crippen molar-refractivity contribution in [1.82, 2.24) is 4.72 Å². The van der Waals surface area contributed by atoms with Crippen LogP contribution in [0.25, 0.3) is 0 Å². The number of carbonyl (C=O) groups is 1. The molecule has 2 rings (SSSR count). The SMILES string of the molecule is Cc1c(Cl)cc(S(=O)(=O)NCC(=O)Nc2ccc(F)cc2)cc1[N+](=O)[O-]. The number of sulfonamides is 1. The standard InChI is InChI=1S/C15H13ClFN3O5S/c1-9-13(16)6-12(7-14(9)20(22)23)26(24,25)18-8-15(21)19-11-4-2-10(17)3-5-11/h2-7,18H,8H2,1H3,(H,19,21). The number of nitrogens with one attached hydrogen (secondary N) is 2. The van der Waals surface area contributed by atoms with Crippen LogP contribution < -0.4 is 10.0 Å². The Hall–Kier alpha value is -2.56. The number of halogens is 2. The van der Waals surface area contributed by atoms with Crippen molar-refractivity contribution < 1.29 is 22.5 Å². The van der Waals surface area contributed by atoms with Gasteiger partial charge < -0.3 is 5.32 Å². The van der Waals surface area contributed by atoms with Crippen LogP contribution in [-0.4, -0.2) is 25.8 Å². The zero-order valence-electron chi connectivity index (χ0n) is 13.3. The smallest absolute Gasteiger partial charge is 0.275 e. The van der Waals surface area contributed by atoms with E-state index in [1.54, 1.807) is 0 Å². The summed E-state index contributed by atoms with van der Waals surface area (Å²) in [5.41, 5.74) is -0.0390. The van der Waals surface area contributed by atoms with Crippen molar-refractivity contribution >= 4 is 38.9 Å². The first kappa shape index (κ1) is 19.8. The zero-order chi connectivity index (χ0) is 19.5. The monoisotopic (exact) mass is 401 g/mol. The van der Waals surface area contributed by atoms with E-state index in [4.69, 9.17) is 11.6 Å². The van der Waals surface area contributed by atoms with Crippen LogP contribution in [0.5, 0.6) is 0 Å². The Morgan fingerprint density at radius 3 is 2.46 bits per heavy atom. The molecule has 0 atom stereocenters. The molecule has 26 heavy (non-hydrogen) atoms. The molecule has 0 bridgehead atoms. The van der Waals surface area contributed by atoms with Gasteiger partial charge in [0.05, 0.1) is 21.4 Å². The molecule has 0 aromatic heterocycles. The maximum absolute atomic E-state index is 12.8. The Kier molecular flexibility index (Phi) is 5.90. The Labute approximate surface area is 153 Å². The van der Waals surface area contributed by atoms with Gasteiger partial charge in [-0.1, -0.05) is 11.6 Å². The highest BCUT2D eigenvalue weighted by molar-refractivity contribution is 7.89. The molecule has 0 radical (unpaired) electrons. The summed E-state index contributed by atoms with van der Waals surface area (Å²) in [5, 5.41) is 13.3. The normalized spacial score (nSPS) is 11.2. The topological polar surface area (TPSA) is 118 Å². The van der Waals surface area contributed by atoms with Gasteiger partial charge in [0.2, 0.25) is 15.9 Å². The number of hydrogen-bond acceptors (Lipinski definition) is 5. The lowest BCUT2D eigenvalue weighted by Gasteiger charge is -2.09. The summed E-state index contributed by atoms with van der Waals surface area (Å²) in [6, 6.07) is 6.81. The van der Waals surface area contributed by atoms with E-state index < -0.39 is 43.8 Å². The summed E-state index contributed by atoms with van der Waals surface area (Å²) >= 11 is 5.85. The van der Waals surface area contributed by atoms with E-state index in [1.165, 1.54) is 19.1 Å². The lowest BCUT2D eigenvalue weighted by molar-refractivity contribution is -0.385. The fourth-order valence-corrected chi connectivity index (χ4v) is 3.27. The summed E-state index contributed by atoms with van der Waals surface area (Å²) in [6.45, 7) is 0.763. The number of nitrogens with zero attached hydrogens (tertiary/aromatic N) is 1. The third-order valence-corrected chi connectivity index (χ3v) is 5.12. The molecule has 0 saturated carbocycles. The van der Waals surface area contributed by atoms with Crippen molar-refractivity contribution in [3.05, 3.63) is 62.9 Å². The van der Waals surface area contributed by atoms with Gasteiger partial charge in [-0.3, -0.25) is 14.9 Å². The van der Waals surface area contributed by atoms with Gasteiger partial charge in [0.1, 0.15) is 5.82 Å². The van der Waals surface area contributed by atoms with E-state index >= 15 is 0 Å². The minimum Gasteiger partial charge on any atom is -0.325 e. The second kappa shape index (κ2) is 7.77. The Balaban J connectivity index is 2.12. The Bertz CT molecular complexity index is 964. The van der Waals surface area contributed by atoms with Crippen LogP contribution in [-0.2, 0) is 14.8 Å². The van der Waals surface area contributed by atoms with Crippen LogP contribution in [0.3, 0.4) is 0 Å². The number of nitro groups is 1. The Morgan fingerprint density at radius 2 is 1.88 bits per heavy atom. The van der Waals surface area contributed by atoms with Crippen molar-refractivity contribution in [3.63, 3.8) is 0 Å². The molecule has 2 aromatic carbocycles. The first-order valence-corrected chi connectivity index (χ1v) is 8.96. The summed E-state index contributed by atoms with van der Waals surface area (Å²) in [5.74, 6) is -1.19. The van der Waals surface area contributed by atoms with E-state index in [0.717, 1.165) is 24.3 Å². The molecule has 0 aliphatic carbocycles. The minimum atomic E-state index is -4.21. The van der Waals surface area contributed by atoms with Crippen LogP contribution in [0.4, 0.5) is 15.8 Å². The third kappa shape index (κ3) is 4.75. The van der Waals surface area contributed by atoms with Crippen LogP contribution in [0.1, 0.15) is 5.56 Å². The van der Waals surface area contributed by atoms with Gasteiger partial charge in [-0.2, -0.15) is 0 Å². The van der Waals surface area contributed by atoms with E-state index in [1.807, 2.05) is 4.72 Å². The van der Waals surface area contributed by atoms with E-state index in [9.17, 15) is 27.7 Å². The molecular weight excluding hydrogens is 389 g/mol. The summed E-state index contributed by atoms with van der Waals surface area (Å²) in [7, 11) is -4.21. The van der Waals surface area contributed by atoms with Crippen LogP contribution in [0.2, 0.25) is 5.02 Å². The van der Waals surface area contributed by atoms with Crippen LogP contribution >= 0.6 is 11.6 Å².